The van der Waals surface area contributed by atoms with Gasteiger partial charge in [-0.3, -0.25) is 14.6 Å². The molecule has 0 saturated carbocycles. The van der Waals surface area contributed by atoms with Gasteiger partial charge in [-0.25, -0.2) is 4.98 Å². The zero-order chi connectivity index (χ0) is 28.3. The Morgan fingerprint density at radius 3 is 2.38 bits per heavy atom. The Hall–Kier alpha value is -2.60. The first-order valence-electron chi connectivity index (χ1n) is 12.2. The summed E-state index contributed by atoms with van der Waals surface area (Å²) in [6.07, 6.45) is -3.16. The van der Waals surface area contributed by atoms with Crippen LogP contribution in [0.2, 0.25) is 0 Å². The molecular weight excluding hydrogens is 507 g/mol. The fourth-order valence-electron chi connectivity index (χ4n) is 3.81. The summed E-state index contributed by atoms with van der Waals surface area (Å²) >= 11 is 5.45. The maximum absolute atomic E-state index is 14.1. The van der Waals surface area contributed by atoms with Crippen LogP contribution in [0.15, 0.2) is 17.3 Å². The van der Waals surface area contributed by atoms with Gasteiger partial charge in [0.05, 0.1) is 28.3 Å². The lowest BCUT2D eigenvalue weighted by atomic mass is 10.00. The van der Waals surface area contributed by atoms with Crippen molar-refractivity contribution in [3.8, 4) is 0 Å². The Morgan fingerprint density at radius 1 is 1.27 bits per heavy atom. The Bertz CT molecular complexity index is 1050. The monoisotopic (exact) mass is 543 g/mol. The number of hydrogen-bond donors (Lipinski definition) is 3. The third-order valence-electron chi connectivity index (χ3n) is 6.03. The van der Waals surface area contributed by atoms with Gasteiger partial charge in [0.2, 0.25) is 0 Å². The summed E-state index contributed by atoms with van der Waals surface area (Å²) in [7, 11) is 0. The van der Waals surface area contributed by atoms with Crippen LogP contribution in [0, 0.1) is 0 Å². The zero-order valence-electron chi connectivity index (χ0n) is 22.2. The minimum absolute atomic E-state index is 0.00795. The van der Waals surface area contributed by atoms with E-state index >= 15 is 0 Å². The summed E-state index contributed by atoms with van der Waals surface area (Å²) in [6, 6.07) is -1.43. The smallest absolute Gasteiger partial charge is 0.391 e. The van der Waals surface area contributed by atoms with Crippen molar-refractivity contribution >= 4 is 40.4 Å². The lowest BCUT2D eigenvalue weighted by Gasteiger charge is -2.27. The van der Waals surface area contributed by atoms with Crippen LogP contribution in [-0.2, 0) is 15.8 Å². The maximum Gasteiger partial charge on any atom is 0.417 e. The van der Waals surface area contributed by atoms with Crippen LogP contribution >= 0.6 is 12.2 Å². The van der Waals surface area contributed by atoms with E-state index < -0.39 is 52.8 Å². The van der Waals surface area contributed by atoms with Gasteiger partial charge in [0, 0.05) is 29.9 Å². The van der Waals surface area contributed by atoms with Gasteiger partial charge in [-0.15, -0.1) is 0 Å². The fourth-order valence-corrected chi connectivity index (χ4v) is 4.13. The molecule has 1 unspecified atom stereocenters. The molecule has 1 saturated heterocycles. The van der Waals surface area contributed by atoms with E-state index in [1.807, 2.05) is 6.92 Å². The number of halogens is 3. The number of rotatable bonds is 8. The number of pyridine rings is 1. The van der Waals surface area contributed by atoms with E-state index in [0.717, 1.165) is 25.1 Å². The van der Waals surface area contributed by atoms with Crippen LogP contribution < -0.4 is 10.6 Å². The molecule has 3 N–H and O–H groups in total. The molecule has 4 atom stereocenters. The number of hydrogen-bond acceptors (Lipinski definition) is 7. The van der Waals surface area contributed by atoms with Crippen LogP contribution in [0.25, 0.3) is 0 Å². The van der Waals surface area contributed by atoms with Crippen molar-refractivity contribution in [1.29, 1.82) is 0 Å². The number of aliphatic hydroxyl groups excluding tert-OH is 1. The Labute approximate surface area is 221 Å². The molecule has 2 rings (SSSR count). The number of thiocarbonyl (C=S) groups is 1. The molecule has 1 aromatic rings. The van der Waals surface area contributed by atoms with E-state index in [1.54, 1.807) is 27.7 Å². The molecule has 12 heteroatoms. The molecule has 206 valence electrons. The SMILES string of the molecule is CC(=NC(C(=O)N1CCC[C@@H]1C)C(=S)c1cnc(NC(C)(C)C)cc1C(F)(F)F)C(=O)N[C@@H](C)[C@H](C)O. The standard InChI is InChI=1S/C25H36F3N5O3S/c1-13-9-8-10-33(13)23(36)20(30-15(3)22(35)31-14(2)16(4)34)21(37)17-12-29-19(32-24(5,6)7)11-18(17)25(26,27)28/h11-14,16,20,34H,8-10H2,1-7H3,(H,29,32)(H,31,35)/t13-,14-,16-,20?/m0/s1. The van der Waals surface area contributed by atoms with Crippen molar-refractivity contribution in [2.75, 3.05) is 11.9 Å². The van der Waals surface area contributed by atoms with Crippen LogP contribution in [-0.4, -0.2) is 73.7 Å². The molecule has 1 aliphatic rings. The van der Waals surface area contributed by atoms with Gasteiger partial charge in [-0.05, 0) is 67.4 Å². The van der Waals surface area contributed by atoms with Crippen molar-refractivity contribution < 1.29 is 27.9 Å². The van der Waals surface area contributed by atoms with Crippen molar-refractivity contribution in [1.82, 2.24) is 15.2 Å². The van der Waals surface area contributed by atoms with Crippen LogP contribution in [0.1, 0.15) is 72.4 Å². The number of carbonyl (C=O) groups excluding carboxylic acids is 2. The molecule has 0 bridgehead atoms. The molecule has 1 aliphatic heterocycles. The molecule has 1 aromatic heterocycles. The van der Waals surface area contributed by atoms with Gasteiger partial charge >= 0.3 is 6.18 Å². The minimum atomic E-state index is -4.78. The second-order valence-electron chi connectivity index (χ2n) is 10.5. The van der Waals surface area contributed by atoms with Gasteiger partial charge < -0.3 is 20.6 Å². The molecule has 0 radical (unpaired) electrons. The Balaban J connectivity index is 2.56. The van der Waals surface area contributed by atoms with Crippen molar-refractivity contribution in [3.05, 3.63) is 23.4 Å². The maximum atomic E-state index is 14.1. The summed E-state index contributed by atoms with van der Waals surface area (Å²) in [6.45, 7) is 12.0. The molecule has 2 amide bonds. The highest BCUT2D eigenvalue weighted by Crippen LogP contribution is 2.35. The first kappa shape index (κ1) is 30.6. The van der Waals surface area contributed by atoms with Gasteiger partial charge in [-0.1, -0.05) is 12.2 Å². The first-order chi connectivity index (χ1) is 16.9. The van der Waals surface area contributed by atoms with Crippen LogP contribution in [0.4, 0.5) is 19.0 Å². The second kappa shape index (κ2) is 11.8. The number of aromatic nitrogens is 1. The van der Waals surface area contributed by atoms with Gasteiger partial charge in [0.15, 0.2) is 6.04 Å². The summed E-state index contributed by atoms with van der Waals surface area (Å²) < 4.78 is 42.4. The zero-order valence-corrected chi connectivity index (χ0v) is 23.0. The molecule has 0 aliphatic carbocycles. The molecule has 0 spiro atoms. The van der Waals surface area contributed by atoms with Gasteiger partial charge in [0.25, 0.3) is 11.8 Å². The average molecular weight is 544 g/mol. The lowest BCUT2D eigenvalue weighted by Crippen LogP contribution is -2.46. The number of alkyl halides is 3. The predicted octanol–water partition coefficient (Wildman–Crippen LogP) is 3.75. The molecular formula is C25H36F3N5O3S. The van der Waals surface area contributed by atoms with Gasteiger partial charge in [-0.2, -0.15) is 13.2 Å². The molecule has 1 fully saturated rings. The van der Waals surface area contributed by atoms with Crippen molar-refractivity contribution in [3.63, 3.8) is 0 Å². The van der Waals surface area contributed by atoms with E-state index in [9.17, 15) is 27.9 Å². The number of nitrogens with one attached hydrogen (secondary N) is 2. The number of anilines is 1. The third-order valence-corrected chi connectivity index (χ3v) is 6.47. The van der Waals surface area contributed by atoms with E-state index in [-0.39, 0.29) is 22.4 Å². The summed E-state index contributed by atoms with van der Waals surface area (Å²) in [5, 5.41) is 15.1. The minimum Gasteiger partial charge on any atom is -0.391 e. The lowest BCUT2D eigenvalue weighted by molar-refractivity contribution is -0.138. The van der Waals surface area contributed by atoms with Gasteiger partial charge in [0.1, 0.15) is 5.82 Å². The number of aliphatic imine (C=N–C) groups is 1. The number of likely N-dealkylation sites (tertiary alicyclic amines) is 1. The van der Waals surface area contributed by atoms with E-state index in [1.165, 1.54) is 18.7 Å². The second-order valence-corrected chi connectivity index (χ2v) is 10.9. The molecule has 8 nitrogen and oxygen atoms in total. The summed E-state index contributed by atoms with van der Waals surface area (Å²) in [5.41, 5.74) is -2.18. The van der Waals surface area contributed by atoms with E-state index in [0.29, 0.717) is 6.54 Å². The number of amides is 2. The number of aliphatic hydroxyl groups is 1. The third kappa shape index (κ3) is 8.19. The highest BCUT2D eigenvalue weighted by molar-refractivity contribution is 7.81. The average Bonchev–Trinajstić information content (AvgIpc) is 3.20. The van der Waals surface area contributed by atoms with Crippen molar-refractivity contribution in [2.24, 2.45) is 4.99 Å². The predicted molar refractivity (Wildman–Crippen MR) is 141 cm³/mol. The molecule has 37 heavy (non-hydrogen) atoms. The summed E-state index contributed by atoms with van der Waals surface area (Å²) in [5.74, 6) is -1.23. The molecule has 2 heterocycles. The number of carbonyl (C=O) groups is 2. The largest absolute Gasteiger partial charge is 0.417 e. The fraction of sp³-hybridized carbons (Fsp3) is 0.640. The van der Waals surface area contributed by atoms with Crippen LogP contribution in [0.3, 0.4) is 0 Å². The topological polar surface area (TPSA) is 107 Å². The quantitative estimate of drug-likeness (QED) is 0.262. The first-order valence-corrected chi connectivity index (χ1v) is 12.6. The van der Waals surface area contributed by atoms with E-state index in [4.69, 9.17) is 12.2 Å². The van der Waals surface area contributed by atoms with E-state index in [2.05, 4.69) is 20.6 Å². The van der Waals surface area contributed by atoms with Crippen LogP contribution in [0.5, 0.6) is 0 Å². The van der Waals surface area contributed by atoms with Crippen molar-refractivity contribution in [2.45, 2.75) is 97.3 Å². The molecule has 0 aromatic carbocycles. The summed E-state index contributed by atoms with van der Waals surface area (Å²) in [4.78, 5) is 35.7. The Kier molecular flexibility index (Phi) is 9.81. The highest BCUT2D eigenvalue weighted by Gasteiger charge is 2.40. The normalized spacial score (nSPS) is 19.3. The number of nitrogens with zero attached hydrogens (tertiary/aromatic N) is 3. The highest BCUT2D eigenvalue weighted by atomic mass is 32.1. The Morgan fingerprint density at radius 2 is 1.89 bits per heavy atom.